The topological polar surface area (TPSA) is 35.2 Å². The van der Waals surface area contributed by atoms with E-state index in [0.717, 1.165) is 10.5 Å². The molecule has 0 saturated carbocycles. The van der Waals surface area contributed by atoms with E-state index in [1.807, 2.05) is 0 Å². The van der Waals surface area contributed by atoms with Crippen molar-refractivity contribution in [1.29, 1.82) is 0 Å². The minimum Gasteiger partial charge on any atom is -0.457 e. The predicted molar refractivity (Wildman–Crippen MR) is 81.5 cm³/mol. The fourth-order valence-corrected chi connectivity index (χ4v) is 2.12. The summed E-state index contributed by atoms with van der Waals surface area (Å²) in [6, 6.07) is 10.2. The van der Waals surface area contributed by atoms with Gasteiger partial charge >= 0.3 is 6.18 Å². The fraction of sp³-hybridized carbons (Fsp3) is 0.0714. The van der Waals surface area contributed by atoms with Gasteiger partial charge in [-0.2, -0.15) is 13.2 Å². The van der Waals surface area contributed by atoms with Gasteiger partial charge in [-0.05, 0) is 42.5 Å². The third kappa shape index (κ3) is 3.95. The van der Waals surface area contributed by atoms with Crippen LogP contribution in [0.5, 0.6) is 11.5 Å². The van der Waals surface area contributed by atoms with E-state index in [1.165, 1.54) is 12.1 Å². The molecule has 110 valence electrons. The second-order valence-electron chi connectivity index (χ2n) is 4.13. The Labute approximate surface area is 132 Å². The monoisotopic (exact) mass is 375 g/mol. The summed E-state index contributed by atoms with van der Waals surface area (Å²) in [6.45, 7) is 0. The molecule has 0 unspecified atom stereocenters. The molecule has 0 saturated heterocycles. The summed E-state index contributed by atoms with van der Waals surface area (Å²) in [6.07, 6.45) is -4.56. The number of hydrogen-bond donors (Lipinski definition) is 1. The molecule has 0 bridgehead atoms. The molecule has 2 rings (SSSR count). The van der Waals surface area contributed by atoms with Gasteiger partial charge in [0.05, 0.1) is 5.56 Å². The highest BCUT2D eigenvalue weighted by atomic mass is 79.9. The Morgan fingerprint density at radius 2 is 1.62 bits per heavy atom. The number of nitrogens with two attached hydrogens (primary N) is 1. The Morgan fingerprint density at radius 3 is 2.14 bits per heavy atom. The van der Waals surface area contributed by atoms with Crippen LogP contribution in [0.25, 0.3) is 0 Å². The van der Waals surface area contributed by atoms with E-state index in [0.29, 0.717) is 5.75 Å². The average Bonchev–Trinajstić information content (AvgIpc) is 2.40. The molecular weight excluding hydrogens is 367 g/mol. The summed E-state index contributed by atoms with van der Waals surface area (Å²) in [4.78, 5) is -0.308. The summed E-state index contributed by atoms with van der Waals surface area (Å²) in [7, 11) is 0. The predicted octanol–water partition coefficient (Wildman–Crippen LogP) is 4.89. The summed E-state index contributed by atoms with van der Waals surface area (Å²) in [5.74, 6) is 0.485. The lowest BCUT2D eigenvalue weighted by molar-refractivity contribution is -0.137. The highest BCUT2D eigenvalue weighted by Crippen LogP contribution is 2.35. The highest BCUT2D eigenvalue weighted by molar-refractivity contribution is 9.10. The number of halogens is 4. The standard InChI is InChI=1S/C14H9BrF3NOS/c15-8-1-3-9(4-2-8)20-10-5-6-11(13(19)21)12(7-10)14(16,17)18/h1-7H,(H2,19,21). The highest BCUT2D eigenvalue weighted by Gasteiger charge is 2.34. The van der Waals surface area contributed by atoms with E-state index >= 15 is 0 Å². The molecule has 0 spiro atoms. The first-order chi connectivity index (χ1) is 9.77. The number of alkyl halides is 3. The fourth-order valence-electron chi connectivity index (χ4n) is 1.67. The molecule has 2 nitrogen and oxygen atoms in total. The van der Waals surface area contributed by atoms with Gasteiger partial charge in [-0.1, -0.05) is 28.1 Å². The molecule has 0 amide bonds. The van der Waals surface area contributed by atoms with E-state index in [-0.39, 0.29) is 16.3 Å². The van der Waals surface area contributed by atoms with Crippen LogP contribution in [-0.4, -0.2) is 4.99 Å². The Kier molecular flexibility index (Phi) is 4.53. The zero-order valence-corrected chi connectivity index (χ0v) is 12.8. The Morgan fingerprint density at radius 1 is 1.05 bits per heavy atom. The summed E-state index contributed by atoms with van der Waals surface area (Å²) in [5, 5.41) is 0. The van der Waals surface area contributed by atoms with Gasteiger partial charge < -0.3 is 10.5 Å². The summed E-state index contributed by atoms with van der Waals surface area (Å²) < 4.78 is 45.3. The lowest BCUT2D eigenvalue weighted by Gasteiger charge is -2.14. The molecule has 0 aliphatic heterocycles. The van der Waals surface area contributed by atoms with Crippen LogP contribution in [0.4, 0.5) is 13.2 Å². The van der Waals surface area contributed by atoms with Crippen LogP contribution in [0.1, 0.15) is 11.1 Å². The average molecular weight is 376 g/mol. The van der Waals surface area contributed by atoms with Gasteiger partial charge in [0.2, 0.25) is 0 Å². The van der Waals surface area contributed by atoms with Crippen molar-refractivity contribution < 1.29 is 17.9 Å². The second-order valence-corrected chi connectivity index (χ2v) is 5.48. The Balaban J connectivity index is 2.38. The molecule has 7 heteroatoms. The summed E-state index contributed by atoms with van der Waals surface area (Å²) >= 11 is 7.90. The quantitative estimate of drug-likeness (QED) is 0.775. The third-order valence-corrected chi connectivity index (χ3v) is 3.36. The van der Waals surface area contributed by atoms with E-state index < -0.39 is 11.7 Å². The van der Waals surface area contributed by atoms with Crippen molar-refractivity contribution in [1.82, 2.24) is 0 Å². The molecule has 0 aliphatic carbocycles. The van der Waals surface area contributed by atoms with Crippen molar-refractivity contribution in [2.75, 3.05) is 0 Å². The van der Waals surface area contributed by atoms with Crippen LogP contribution in [-0.2, 0) is 6.18 Å². The first-order valence-corrected chi connectivity index (χ1v) is 6.92. The van der Waals surface area contributed by atoms with Gasteiger partial charge in [-0.25, -0.2) is 0 Å². The third-order valence-electron chi connectivity index (χ3n) is 2.61. The molecule has 0 atom stereocenters. The first kappa shape index (κ1) is 15.8. The van der Waals surface area contributed by atoms with Gasteiger partial charge in [0.15, 0.2) is 0 Å². The molecule has 0 aliphatic rings. The number of rotatable bonds is 3. The van der Waals surface area contributed by atoms with Crippen LogP contribution in [0.3, 0.4) is 0 Å². The maximum Gasteiger partial charge on any atom is 0.417 e. The normalized spacial score (nSPS) is 11.2. The van der Waals surface area contributed by atoms with Gasteiger partial charge in [-0.3, -0.25) is 0 Å². The first-order valence-electron chi connectivity index (χ1n) is 5.72. The van der Waals surface area contributed by atoms with Crippen LogP contribution >= 0.6 is 28.1 Å². The van der Waals surface area contributed by atoms with Crippen LogP contribution < -0.4 is 10.5 Å². The van der Waals surface area contributed by atoms with Crippen molar-refractivity contribution in [3.63, 3.8) is 0 Å². The van der Waals surface area contributed by atoms with E-state index in [4.69, 9.17) is 10.5 Å². The van der Waals surface area contributed by atoms with Gasteiger partial charge in [0.1, 0.15) is 16.5 Å². The molecular formula is C14H9BrF3NOS. The van der Waals surface area contributed by atoms with Crippen LogP contribution in [0, 0.1) is 0 Å². The lowest BCUT2D eigenvalue weighted by Crippen LogP contribution is -2.17. The minimum atomic E-state index is -4.56. The van der Waals surface area contributed by atoms with E-state index in [1.54, 1.807) is 24.3 Å². The number of thiocarbonyl (C=S) groups is 1. The SMILES string of the molecule is NC(=S)c1ccc(Oc2ccc(Br)cc2)cc1C(F)(F)F. The molecule has 0 fully saturated rings. The van der Waals surface area contributed by atoms with Gasteiger partial charge in [-0.15, -0.1) is 0 Å². The maximum atomic E-state index is 13.0. The molecule has 2 aromatic rings. The van der Waals surface area contributed by atoms with Crippen molar-refractivity contribution in [2.24, 2.45) is 5.73 Å². The second kappa shape index (κ2) is 6.03. The Bertz CT molecular complexity index is 671. The van der Waals surface area contributed by atoms with Crippen LogP contribution in [0.15, 0.2) is 46.9 Å². The van der Waals surface area contributed by atoms with Crippen molar-refractivity contribution in [3.05, 3.63) is 58.1 Å². The Hall–Kier alpha value is -1.60. The van der Waals surface area contributed by atoms with Gasteiger partial charge in [0.25, 0.3) is 0 Å². The van der Waals surface area contributed by atoms with Crippen molar-refractivity contribution in [2.45, 2.75) is 6.18 Å². The maximum absolute atomic E-state index is 13.0. The lowest BCUT2D eigenvalue weighted by atomic mass is 10.1. The van der Waals surface area contributed by atoms with Gasteiger partial charge in [0, 0.05) is 10.0 Å². The largest absolute Gasteiger partial charge is 0.457 e. The van der Waals surface area contributed by atoms with E-state index in [9.17, 15) is 13.2 Å². The summed E-state index contributed by atoms with van der Waals surface area (Å²) in [5.41, 5.74) is 4.18. The number of benzene rings is 2. The zero-order valence-electron chi connectivity index (χ0n) is 10.4. The van der Waals surface area contributed by atoms with Crippen molar-refractivity contribution in [3.8, 4) is 11.5 Å². The molecule has 2 aromatic carbocycles. The van der Waals surface area contributed by atoms with Crippen molar-refractivity contribution >= 4 is 33.1 Å². The van der Waals surface area contributed by atoms with E-state index in [2.05, 4.69) is 28.1 Å². The molecule has 21 heavy (non-hydrogen) atoms. The molecule has 2 N–H and O–H groups in total. The van der Waals surface area contributed by atoms with Crippen LogP contribution in [0.2, 0.25) is 0 Å². The number of ether oxygens (including phenoxy) is 1. The molecule has 0 heterocycles. The molecule has 0 aromatic heterocycles. The smallest absolute Gasteiger partial charge is 0.417 e. The minimum absolute atomic E-state index is 0.0599. The zero-order chi connectivity index (χ0) is 15.6. The molecule has 0 radical (unpaired) electrons. The number of hydrogen-bond acceptors (Lipinski definition) is 2.